The number of tetrazole rings is 1. The zero-order chi connectivity index (χ0) is 16.9. The van der Waals surface area contributed by atoms with Gasteiger partial charge in [0.05, 0.1) is 12.2 Å². The van der Waals surface area contributed by atoms with Gasteiger partial charge in [-0.15, -0.1) is 16.4 Å². The molecule has 0 radical (unpaired) electrons. The normalized spacial score (nSPS) is 10.6. The van der Waals surface area contributed by atoms with E-state index in [4.69, 9.17) is 4.74 Å². The van der Waals surface area contributed by atoms with Gasteiger partial charge in [0.1, 0.15) is 17.1 Å². The number of carbonyl (C=O) groups excluding carboxylic acids is 1. The number of carbonyl (C=O) groups is 1. The molecule has 0 bridgehead atoms. The number of amides is 1. The molecule has 3 aromatic rings. The Balaban J connectivity index is 1.52. The molecule has 0 saturated carbocycles. The van der Waals surface area contributed by atoms with Gasteiger partial charge in [-0.2, -0.15) is 0 Å². The Bertz CT molecular complexity index is 800. The molecule has 2 aromatic heterocycles. The van der Waals surface area contributed by atoms with Crippen LogP contribution >= 0.6 is 11.3 Å². The summed E-state index contributed by atoms with van der Waals surface area (Å²) in [4.78, 5) is 18.1. The van der Waals surface area contributed by atoms with E-state index in [9.17, 15) is 4.79 Å². The van der Waals surface area contributed by atoms with Gasteiger partial charge in [0, 0.05) is 18.1 Å². The number of thiazole rings is 1. The van der Waals surface area contributed by atoms with E-state index >= 15 is 0 Å². The minimum absolute atomic E-state index is 0.0227. The molecule has 0 saturated heterocycles. The standard InChI is InChI=1S/C15H16N6O2S/c1-11-9-24-14(17-11)7-20(2)15(22)8-23-13-5-3-12(4-6-13)21-10-16-18-19-21/h3-6,9-10H,7-8H2,1-2H3. The molecule has 0 spiro atoms. The number of hydrogen-bond acceptors (Lipinski definition) is 7. The first-order valence-corrected chi connectivity index (χ1v) is 8.11. The van der Waals surface area contributed by atoms with Crippen LogP contribution in [-0.4, -0.2) is 49.7 Å². The Morgan fingerprint density at radius 2 is 2.12 bits per heavy atom. The van der Waals surface area contributed by atoms with Crippen molar-refractivity contribution in [3.63, 3.8) is 0 Å². The molecule has 0 unspecified atom stereocenters. The Kier molecular flexibility index (Phi) is 4.80. The second kappa shape index (κ2) is 7.18. The maximum Gasteiger partial charge on any atom is 0.260 e. The Morgan fingerprint density at radius 3 is 2.75 bits per heavy atom. The van der Waals surface area contributed by atoms with Crippen molar-refractivity contribution < 1.29 is 9.53 Å². The summed E-state index contributed by atoms with van der Waals surface area (Å²) in [6, 6.07) is 7.18. The summed E-state index contributed by atoms with van der Waals surface area (Å²) in [5.41, 5.74) is 1.78. The van der Waals surface area contributed by atoms with E-state index in [2.05, 4.69) is 20.5 Å². The Hall–Kier alpha value is -2.81. The van der Waals surface area contributed by atoms with Crippen molar-refractivity contribution in [3.05, 3.63) is 46.7 Å². The quantitative estimate of drug-likeness (QED) is 0.673. The number of rotatable bonds is 6. The molecule has 8 nitrogen and oxygen atoms in total. The monoisotopic (exact) mass is 344 g/mol. The first-order chi connectivity index (χ1) is 11.6. The summed E-state index contributed by atoms with van der Waals surface area (Å²) >= 11 is 1.55. The summed E-state index contributed by atoms with van der Waals surface area (Å²) in [5.74, 6) is 0.506. The predicted octanol–water partition coefficient (Wildman–Crippen LogP) is 1.46. The van der Waals surface area contributed by atoms with Gasteiger partial charge in [-0.3, -0.25) is 4.79 Å². The Labute approximate surface area is 142 Å². The predicted molar refractivity (Wildman–Crippen MR) is 88.0 cm³/mol. The van der Waals surface area contributed by atoms with Crippen LogP contribution in [0.2, 0.25) is 0 Å². The van der Waals surface area contributed by atoms with Crippen LogP contribution in [0.15, 0.2) is 36.0 Å². The van der Waals surface area contributed by atoms with Crippen molar-refractivity contribution in [1.29, 1.82) is 0 Å². The molecule has 0 fully saturated rings. The van der Waals surface area contributed by atoms with Gasteiger partial charge < -0.3 is 9.64 Å². The van der Waals surface area contributed by atoms with E-state index in [-0.39, 0.29) is 12.5 Å². The van der Waals surface area contributed by atoms with Gasteiger partial charge in [-0.05, 0) is 41.6 Å². The van der Waals surface area contributed by atoms with Crippen LogP contribution < -0.4 is 4.74 Å². The second-order valence-electron chi connectivity index (χ2n) is 5.17. The van der Waals surface area contributed by atoms with Crippen LogP contribution in [0.25, 0.3) is 5.69 Å². The average molecular weight is 344 g/mol. The van der Waals surface area contributed by atoms with E-state index in [1.165, 1.54) is 6.33 Å². The van der Waals surface area contributed by atoms with Gasteiger partial charge in [-0.1, -0.05) is 0 Å². The molecule has 9 heteroatoms. The highest BCUT2D eigenvalue weighted by atomic mass is 32.1. The van der Waals surface area contributed by atoms with E-state index in [1.54, 1.807) is 40.1 Å². The minimum atomic E-state index is -0.104. The van der Waals surface area contributed by atoms with Crippen molar-refractivity contribution in [2.24, 2.45) is 0 Å². The van der Waals surface area contributed by atoms with Gasteiger partial charge in [0.15, 0.2) is 6.61 Å². The first-order valence-electron chi connectivity index (χ1n) is 7.23. The summed E-state index contributed by atoms with van der Waals surface area (Å²) < 4.78 is 7.08. The van der Waals surface area contributed by atoms with E-state index in [0.717, 1.165) is 16.4 Å². The summed E-state index contributed by atoms with van der Waals surface area (Å²) in [6.07, 6.45) is 1.51. The minimum Gasteiger partial charge on any atom is -0.484 e. The highest BCUT2D eigenvalue weighted by Gasteiger charge is 2.12. The highest BCUT2D eigenvalue weighted by molar-refractivity contribution is 7.09. The van der Waals surface area contributed by atoms with E-state index in [0.29, 0.717) is 12.3 Å². The van der Waals surface area contributed by atoms with Crippen LogP contribution in [0.4, 0.5) is 0 Å². The van der Waals surface area contributed by atoms with Crippen LogP contribution in [-0.2, 0) is 11.3 Å². The lowest BCUT2D eigenvalue weighted by Crippen LogP contribution is -2.30. The van der Waals surface area contributed by atoms with Crippen LogP contribution in [0.5, 0.6) is 5.75 Å². The topological polar surface area (TPSA) is 86.0 Å². The van der Waals surface area contributed by atoms with Crippen molar-refractivity contribution in [2.75, 3.05) is 13.7 Å². The molecule has 2 heterocycles. The van der Waals surface area contributed by atoms with Gasteiger partial charge in [0.2, 0.25) is 0 Å². The maximum atomic E-state index is 12.1. The van der Waals surface area contributed by atoms with Crippen molar-refractivity contribution in [1.82, 2.24) is 30.1 Å². The third-order valence-corrected chi connectivity index (χ3v) is 4.23. The molecule has 0 aliphatic carbocycles. The van der Waals surface area contributed by atoms with Gasteiger partial charge >= 0.3 is 0 Å². The molecular weight excluding hydrogens is 328 g/mol. The zero-order valence-corrected chi connectivity index (χ0v) is 14.1. The molecule has 3 rings (SSSR count). The fraction of sp³-hybridized carbons (Fsp3) is 0.267. The molecule has 1 aromatic carbocycles. The maximum absolute atomic E-state index is 12.1. The number of hydrogen-bond donors (Lipinski definition) is 0. The number of ether oxygens (including phenoxy) is 1. The van der Waals surface area contributed by atoms with Gasteiger partial charge in [-0.25, -0.2) is 9.67 Å². The molecule has 0 aliphatic heterocycles. The van der Waals surface area contributed by atoms with E-state index < -0.39 is 0 Å². The van der Waals surface area contributed by atoms with Crippen LogP contribution in [0, 0.1) is 6.92 Å². The lowest BCUT2D eigenvalue weighted by Gasteiger charge is -2.16. The fourth-order valence-electron chi connectivity index (χ4n) is 2.00. The summed E-state index contributed by atoms with van der Waals surface area (Å²) in [6.45, 7) is 2.40. The van der Waals surface area contributed by atoms with E-state index in [1.807, 2.05) is 24.4 Å². The molecule has 0 N–H and O–H groups in total. The summed E-state index contributed by atoms with van der Waals surface area (Å²) in [7, 11) is 1.74. The molecular formula is C15H16N6O2S. The molecule has 124 valence electrons. The number of benzene rings is 1. The number of aryl methyl sites for hydroxylation is 1. The molecule has 0 atom stereocenters. The smallest absolute Gasteiger partial charge is 0.260 e. The van der Waals surface area contributed by atoms with Crippen molar-refractivity contribution in [3.8, 4) is 11.4 Å². The lowest BCUT2D eigenvalue weighted by molar-refractivity contribution is -0.132. The highest BCUT2D eigenvalue weighted by Crippen LogP contribution is 2.15. The Morgan fingerprint density at radius 1 is 1.33 bits per heavy atom. The first kappa shape index (κ1) is 16.1. The molecule has 24 heavy (non-hydrogen) atoms. The van der Waals surface area contributed by atoms with Gasteiger partial charge in [0.25, 0.3) is 5.91 Å². The largest absolute Gasteiger partial charge is 0.484 e. The van der Waals surface area contributed by atoms with Crippen LogP contribution in [0.1, 0.15) is 10.7 Å². The molecule has 0 aliphatic rings. The number of likely N-dealkylation sites (N-methyl/N-ethyl adjacent to an activating group) is 1. The zero-order valence-electron chi connectivity index (χ0n) is 13.3. The lowest BCUT2D eigenvalue weighted by atomic mass is 10.3. The molecule has 1 amide bonds. The second-order valence-corrected chi connectivity index (χ2v) is 6.11. The SMILES string of the molecule is Cc1csc(CN(C)C(=O)COc2ccc(-n3cnnn3)cc2)n1. The van der Waals surface area contributed by atoms with Crippen molar-refractivity contribution >= 4 is 17.2 Å². The third-order valence-electron chi connectivity index (χ3n) is 3.28. The third kappa shape index (κ3) is 3.93. The average Bonchev–Trinajstić information content (AvgIpc) is 3.25. The number of nitrogens with zero attached hydrogens (tertiary/aromatic N) is 6. The number of aromatic nitrogens is 5. The van der Waals surface area contributed by atoms with Crippen molar-refractivity contribution in [2.45, 2.75) is 13.5 Å². The summed E-state index contributed by atoms with van der Waals surface area (Å²) in [5, 5.41) is 13.8. The van der Waals surface area contributed by atoms with Crippen LogP contribution in [0.3, 0.4) is 0 Å². The fourth-order valence-corrected chi connectivity index (χ4v) is 2.82.